The summed E-state index contributed by atoms with van der Waals surface area (Å²) in [6.45, 7) is 27.1. The predicted octanol–water partition coefficient (Wildman–Crippen LogP) is 4.90. The van der Waals surface area contributed by atoms with Gasteiger partial charge in [-0.25, -0.2) is 24.2 Å². The number of piperidine rings is 4. The number of primary amides is 2. The number of nitriles is 2. The van der Waals surface area contributed by atoms with Gasteiger partial charge in [-0.15, -0.1) is 48.0 Å². The summed E-state index contributed by atoms with van der Waals surface area (Å²) in [4.78, 5) is 99.4. The second kappa shape index (κ2) is 62.3. The number of nitrogens with zero attached hydrogens (tertiary/aromatic N) is 10. The second-order valence-corrected chi connectivity index (χ2v) is 37.7. The number of halogens is 4. The smallest absolute Gasteiger partial charge is 0.870 e. The van der Waals surface area contributed by atoms with Gasteiger partial charge < -0.3 is 104 Å². The quantitative estimate of drug-likeness (QED) is 0.0192. The van der Waals surface area contributed by atoms with Crippen molar-refractivity contribution >= 4 is 98.2 Å². The van der Waals surface area contributed by atoms with E-state index in [1.165, 1.54) is 52.0 Å². The Morgan fingerprint density at radius 2 is 0.775 bits per heavy atom. The van der Waals surface area contributed by atoms with Gasteiger partial charge in [0.05, 0.1) is 56.6 Å². The Kier molecular flexibility index (Phi) is 62.1. The molecule has 3 radical (unpaired) electrons. The zero-order chi connectivity index (χ0) is 92.4. The van der Waals surface area contributed by atoms with Crippen LogP contribution in [0.4, 0.5) is 4.79 Å². The molecule has 8 unspecified atom stereocenters. The molecule has 4 heterocycles. The first kappa shape index (κ1) is 129. The monoisotopic (exact) mass is 1920 g/mol. The van der Waals surface area contributed by atoms with Gasteiger partial charge in [0.2, 0.25) is 17.8 Å². The van der Waals surface area contributed by atoms with Gasteiger partial charge in [-0.05, 0) is 264 Å². The van der Waals surface area contributed by atoms with Crippen LogP contribution in [0.2, 0.25) is 0 Å². The number of carbonyl (C=O) groups is 7. The van der Waals surface area contributed by atoms with Crippen molar-refractivity contribution in [3.05, 3.63) is 142 Å². The number of amides is 3. The van der Waals surface area contributed by atoms with Crippen molar-refractivity contribution in [3.63, 3.8) is 0 Å². The molecule has 0 bridgehead atoms. The van der Waals surface area contributed by atoms with Gasteiger partial charge in [0.25, 0.3) is 0 Å². The average Bonchev–Trinajstić information content (AvgIpc) is 1.69. The Hall–Kier alpha value is -4.51. The first-order valence-corrected chi connectivity index (χ1v) is 43.6. The molecule has 0 aromatic heterocycles. The third-order valence-corrected chi connectivity index (χ3v) is 21.9. The molecule has 4 saturated heterocycles. The van der Waals surface area contributed by atoms with E-state index in [1.54, 1.807) is 74.2 Å². The number of alkyl halides is 2. The molecule has 3 amide bonds. The maximum absolute atomic E-state index is 12.5. The van der Waals surface area contributed by atoms with Gasteiger partial charge in [-0.1, -0.05) is 56.0 Å². The number of hydrogen-bond donors (Lipinski definition) is 7. The van der Waals surface area contributed by atoms with E-state index >= 15 is 0 Å². The fourth-order valence-electron chi connectivity index (χ4n) is 15.3. The van der Waals surface area contributed by atoms with Crippen LogP contribution in [-0.4, -0.2) is 291 Å². The van der Waals surface area contributed by atoms with Gasteiger partial charge in [-0.3, -0.25) is 14.4 Å². The van der Waals surface area contributed by atoms with Crippen molar-refractivity contribution in [1.29, 1.82) is 10.5 Å². The topological polar surface area (TPSA) is 413 Å². The molecule has 4 aliphatic carbocycles. The number of nitrogens with two attached hydrogens (primary N) is 2. The molecule has 8 atom stereocenters. The van der Waals surface area contributed by atoms with Crippen molar-refractivity contribution in [2.45, 2.75) is 180 Å². The van der Waals surface area contributed by atoms with Gasteiger partial charge in [-0.2, -0.15) is 10.5 Å². The van der Waals surface area contributed by atoms with Crippen LogP contribution in [0.5, 0.6) is 0 Å². The van der Waals surface area contributed by atoms with E-state index in [2.05, 4.69) is 78.1 Å². The largest absolute Gasteiger partial charge is 1.00 e. The summed E-state index contributed by atoms with van der Waals surface area (Å²) in [5, 5.41) is 73.0. The van der Waals surface area contributed by atoms with E-state index < -0.39 is 63.3 Å². The Bertz CT molecular complexity index is 3960. The van der Waals surface area contributed by atoms with Crippen LogP contribution in [-0.2, 0) is 60.7 Å². The molecule has 36 heteroatoms. The minimum Gasteiger partial charge on any atom is -0.870 e. The SMILES string of the molecule is C.CC(=O)OOC(C)=O.CC(C)(C)O.CN(C)CC1CN(C(=O)OC(C)(C)C)CCC1(O)c1cccc(C#N)c1.CN(C)CC1CN(CC2CC2)CCC1(O)c1cccc(C#N)c1.CN(C)CC1CN(CC2CC2)CCC1(O)c1cccc(C(N)=O)c1.CN(C)CC1CN(CC2CC2)CCC1(O)c1cccc(C(N)=O)c1.Cl.Cl.ClCCl.O=CC1CC1.[B-]OC(C)=O.[K+].[Na+].[OH-]. The van der Waals surface area contributed by atoms with Crippen molar-refractivity contribution in [2.24, 2.45) is 58.8 Å². The fourth-order valence-corrected chi connectivity index (χ4v) is 15.3. The second-order valence-electron chi connectivity index (χ2n) is 36.8. The number of rotatable bonds is 21. The van der Waals surface area contributed by atoms with E-state index in [4.69, 9.17) is 55.0 Å². The third-order valence-electron chi connectivity index (χ3n) is 21.9. The number of ether oxygens (including phenoxy) is 1. The number of aldehydes is 1. The minimum atomic E-state index is -1.09. The van der Waals surface area contributed by atoms with E-state index in [0.717, 1.165) is 151 Å². The van der Waals surface area contributed by atoms with Crippen LogP contribution in [0.3, 0.4) is 0 Å². The van der Waals surface area contributed by atoms with Gasteiger partial charge in [0.1, 0.15) is 11.9 Å². The first-order chi connectivity index (χ1) is 57.6. The zero-order valence-electron chi connectivity index (χ0n) is 79.2. The van der Waals surface area contributed by atoms with Crippen LogP contribution in [0, 0.1) is 70.0 Å². The van der Waals surface area contributed by atoms with Crippen LogP contribution < -0.4 is 92.4 Å². The minimum absolute atomic E-state index is 0. The summed E-state index contributed by atoms with van der Waals surface area (Å²) in [7, 11) is 20.5. The normalized spacial score (nSPS) is 22.6. The molecule has 8 aliphatic rings. The molecule has 715 valence electrons. The number of hydrogen-bond acceptors (Lipinski definition) is 26. The number of likely N-dealkylation sites (tertiary alicyclic amines) is 4. The summed E-state index contributed by atoms with van der Waals surface area (Å²) in [6, 6.07) is 33.4. The van der Waals surface area contributed by atoms with Crippen molar-refractivity contribution in [1.82, 2.24) is 39.2 Å². The van der Waals surface area contributed by atoms with E-state index in [0.29, 0.717) is 67.1 Å². The molecule has 8 fully saturated rings. The zero-order valence-corrected chi connectivity index (χ0v) is 87.5. The Labute approximate surface area is 857 Å². The molecule has 129 heavy (non-hydrogen) atoms. The summed E-state index contributed by atoms with van der Waals surface area (Å²) in [5.41, 5.74) is 11.4. The summed E-state index contributed by atoms with van der Waals surface area (Å²) in [6.07, 6.45) is 13.6. The van der Waals surface area contributed by atoms with Gasteiger partial charge >= 0.3 is 99.0 Å². The number of aliphatic hydroxyl groups is 5. The van der Waals surface area contributed by atoms with Crippen LogP contribution in [0.25, 0.3) is 0 Å². The van der Waals surface area contributed by atoms with Crippen molar-refractivity contribution < 1.29 is 165 Å². The molecule has 4 aliphatic heterocycles. The maximum Gasteiger partial charge on any atom is 1.00 e. The molecule has 4 aromatic carbocycles. The number of benzene rings is 4. The summed E-state index contributed by atoms with van der Waals surface area (Å²) < 4.78 is 9.10. The van der Waals surface area contributed by atoms with E-state index in [-0.39, 0.29) is 154 Å². The third kappa shape index (κ3) is 48.7. The molecule has 29 nitrogen and oxygen atoms in total. The summed E-state index contributed by atoms with van der Waals surface area (Å²) in [5.74, 6) is 0.608. The van der Waals surface area contributed by atoms with E-state index in [1.807, 2.05) is 116 Å². The Morgan fingerprint density at radius 1 is 0.512 bits per heavy atom. The van der Waals surface area contributed by atoms with Crippen molar-refractivity contribution in [3.8, 4) is 12.1 Å². The molecule has 0 spiro atoms. The predicted molar refractivity (Wildman–Crippen MR) is 501 cm³/mol. The fraction of sp³-hybridized carbons (Fsp3) is 0.645. The van der Waals surface area contributed by atoms with E-state index in [9.17, 15) is 54.0 Å². The molecular formula is C93H148BCl4KN12NaO17. The molecular weight excluding hydrogens is 1770 g/mol. The summed E-state index contributed by atoms with van der Waals surface area (Å²) >= 11 is 9.53. The Balaban J connectivity index is -0.00000148. The maximum atomic E-state index is 12.5. The molecule has 4 aromatic rings. The number of carbonyl (C=O) groups excluding carboxylic acids is 7. The van der Waals surface area contributed by atoms with Crippen molar-refractivity contribution in [2.75, 3.05) is 160 Å². The Morgan fingerprint density at radius 3 is 0.992 bits per heavy atom. The molecule has 4 saturated carbocycles. The van der Waals surface area contributed by atoms with Gasteiger partial charge in [0, 0.05) is 160 Å². The first-order valence-electron chi connectivity index (χ1n) is 42.5. The molecule has 12 rings (SSSR count). The van der Waals surface area contributed by atoms with Crippen LogP contribution >= 0.6 is 48.0 Å². The van der Waals surface area contributed by atoms with Crippen LogP contribution in [0.1, 0.15) is 201 Å². The van der Waals surface area contributed by atoms with Crippen LogP contribution in [0.15, 0.2) is 97.1 Å². The molecule has 10 N–H and O–H groups in total. The van der Waals surface area contributed by atoms with Gasteiger partial charge in [0.15, 0.2) is 0 Å². The average molecular weight is 1920 g/mol. The standard InChI is InChI=1S/C20H29N3O3.2C19H29N3O2.C19H27N3O.C4H6O4.C4H6O.C4H10O.C2H3BO2.CH2Cl2.CH4.2ClH.K.Na.H2O/c1-19(2,3)26-18(24)23-10-9-20(25,17(14-23)13-22(4)5)16-8-6-7-15(11-16)12-21;2*1-21(2)12-17-13-22(11-14-6-7-14)9-8-19(17,24)16-5-3-4-15(10-16)18(20)23;1-21(2)13-18-14-22(12-15-6-7-15)9-8-19(18,23)17-5-3-4-16(10-17)11-20;1-3(5)7-8-4(2)6;5-3-4-1-2-4;1-4(2,3)5;1-2(4)5-3;2-1-3;;;;;;/h6-8,11,17,25H,9-10,13-14H2,1-5H3;2*3-5,10,14,17,24H,6-9,11-13H2,1-2H3,(H2,20,23);3-5,10,15,18,23H,6-9,12-14H2,1-2H3;1-2H3;3-4H,1-2H2;5H,1-3H3;1H3;1H2;1H4;2*1H;;;1H2/q;;;;;;;-1;;;;;2*+1;/p-1.